The van der Waals surface area contributed by atoms with Crippen LogP contribution in [0.3, 0.4) is 0 Å². The van der Waals surface area contributed by atoms with Crippen LogP contribution in [-0.2, 0) is 19.9 Å². The SMILES string of the molecule is N=CC1(c2ccccc2)C(N2CCOCC2)CCCN1C(=O)C1CCNO1. The minimum atomic E-state index is -0.778. The molecule has 27 heavy (non-hydrogen) atoms. The van der Waals surface area contributed by atoms with Crippen LogP contribution in [0.15, 0.2) is 30.3 Å². The smallest absolute Gasteiger partial charge is 0.254 e. The fraction of sp³-hybridized carbons (Fsp3) is 0.600. The quantitative estimate of drug-likeness (QED) is 0.776. The summed E-state index contributed by atoms with van der Waals surface area (Å²) in [5.41, 5.74) is 3.04. The van der Waals surface area contributed by atoms with E-state index in [0.717, 1.165) is 31.5 Å². The Morgan fingerprint density at radius 1 is 1.19 bits per heavy atom. The monoisotopic (exact) mass is 372 g/mol. The number of hydroxylamine groups is 1. The fourth-order valence-electron chi connectivity index (χ4n) is 4.74. The second kappa shape index (κ2) is 8.06. The summed E-state index contributed by atoms with van der Waals surface area (Å²) < 4.78 is 5.55. The van der Waals surface area contributed by atoms with Gasteiger partial charge in [0, 0.05) is 38.4 Å². The number of benzene rings is 1. The number of hydrogen-bond acceptors (Lipinski definition) is 6. The van der Waals surface area contributed by atoms with E-state index in [4.69, 9.17) is 15.0 Å². The molecule has 0 radical (unpaired) electrons. The molecule has 4 rings (SSSR count). The summed E-state index contributed by atoms with van der Waals surface area (Å²) in [4.78, 5) is 23.2. The highest BCUT2D eigenvalue weighted by Crippen LogP contribution is 2.40. The van der Waals surface area contributed by atoms with Crippen molar-refractivity contribution in [2.24, 2.45) is 0 Å². The molecule has 1 aromatic rings. The van der Waals surface area contributed by atoms with Gasteiger partial charge >= 0.3 is 0 Å². The van der Waals surface area contributed by atoms with E-state index in [1.807, 2.05) is 35.2 Å². The Morgan fingerprint density at radius 3 is 2.63 bits per heavy atom. The van der Waals surface area contributed by atoms with Crippen molar-refractivity contribution in [1.29, 1.82) is 5.41 Å². The first-order valence-corrected chi connectivity index (χ1v) is 9.86. The summed E-state index contributed by atoms with van der Waals surface area (Å²) in [6.07, 6.45) is 3.56. The van der Waals surface area contributed by atoms with Gasteiger partial charge in [-0.25, -0.2) is 5.48 Å². The molecule has 3 atom stereocenters. The molecule has 0 aromatic heterocycles. The van der Waals surface area contributed by atoms with Gasteiger partial charge in [0.1, 0.15) is 5.54 Å². The molecule has 1 amide bonds. The Labute approximate surface area is 160 Å². The van der Waals surface area contributed by atoms with Crippen molar-refractivity contribution >= 4 is 12.1 Å². The van der Waals surface area contributed by atoms with Crippen LogP contribution in [0.1, 0.15) is 24.8 Å². The van der Waals surface area contributed by atoms with Gasteiger partial charge in [0.05, 0.1) is 13.2 Å². The van der Waals surface area contributed by atoms with Crippen LogP contribution in [0, 0.1) is 5.41 Å². The average molecular weight is 372 g/mol. The van der Waals surface area contributed by atoms with Gasteiger partial charge < -0.3 is 15.0 Å². The molecule has 3 aliphatic heterocycles. The highest BCUT2D eigenvalue weighted by Gasteiger charge is 2.52. The van der Waals surface area contributed by atoms with Crippen LogP contribution in [0.2, 0.25) is 0 Å². The first kappa shape index (κ1) is 18.6. The van der Waals surface area contributed by atoms with Crippen molar-refractivity contribution in [1.82, 2.24) is 15.3 Å². The maximum Gasteiger partial charge on any atom is 0.254 e. The zero-order chi connectivity index (χ0) is 18.7. The topological polar surface area (TPSA) is 77.9 Å². The lowest BCUT2D eigenvalue weighted by Crippen LogP contribution is -2.67. The summed E-state index contributed by atoms with van der Waals surface area (Å²) in [7, 11) is 0. The van der Waals surface area contributed by atoms with E-state index in [1.165, 1.54) is 6.21 Å². The Balaban J connectivity index is 1.76. The predicted molar refractivity (Wildman–Crippen MR) is 102 cm³/mol. The molecule has 3 aliphatic rings. The third kappa shape index (κ3) is 3.29. The minimum Gasteiger partial charge on any atom is -0.379 e. The van der Waals surface area contributed by atoms with Crippen molar-refractivity contribution < 1.29 is 14.4 Å². The lowest BCUT2D eigenvalue weighted by Gasteiger charge is -2.54. The van der Waals surface area contributed by atoms with Crippen molar-refractivity contribution in [2.45, 2.75) is 36.9 Å². The molecule has 7 nitrogen and oxygen atoms in total. The Bertz CT molecular complexity index is 658. The highest BCUT2D eigenvalue weighted by atomic mass is 16.7. The lowest BCUT2D eigenvalue weighted by molar-refractivity contribution is -0.154. The Kier molecular flexibility index (Phi) is 5.54. The van der Waals surface area contributed by atoms with Gasteiger partial charge in [0.2, 0.25) is 0 Å². The Hall–Kier alpha value is -1.80. The van der Waals surface area contributed by atoms with Crippen LogP contribution in [0.4, 0.5) is 0 Å². The second-order valence-corrected chi connectivity index (χ2v) is 7.42. The number of nitrogens with one attached hydrogen (secondary N) is 2. The molecule has 0 aliphatic carbocycles. The van der Waals surface area contributed by atoms with Crippen molar-refractivity contribution in [2.75, 3.05) is 39.4 Å². The number of nitrogens with zero attached hydrogens (tertiary/aromatic N) is 2. The minimum absolute atomic E-state index is 0.0229. The zero-order valence-corrected chi connectivity index (χ0v) is 15.6. The normalized spacial score (nSPS) is 32.4. The summed E-state index contributed by atoms with van der Waals surface area (Å²) in [5.74, 6) is -0.0229. The van der Waals surface area contributed by atoms with Gasteiger partial charge in [0.15, 0.2) is 6.10 Å². The maximum atomic E-state index is 13.4. The zero-order valence-electron chi connectivity index (χ0n) is 15.6. The number of likely N-dealkylation sites (tertiary alicyclic amines) is 1. The van der Waals surface area contributed by atoms with Gasteiger partial charge in [0.25, 0.3) is 5.91 Å². The largest absolute Gasteiger partial charge is 0.379 e. The summed E-state index contributed by atoms with van der Waals surface area (Å²) >= 11 is 0. The van der Waals surface area contributed by atoms with E-state index in [0.29, 0.717) is 32.7 Å². The van der Waals surface area contributed by atoms with Crippen LogP contribution in [0.25, 0.3) is 0 Å². The summed E-state index contributed by atoms with van der Waals surface area (Å²) in [5, 5.41) is 8.49. The van der Waals surface area contributed by atoms with E-state index in [2.05, 4.69) is 10.4 Å². The van der Waals surface area contributed by atoms with Gasteiger partial charge in [-0.15, -0.1) is 0 Å². The molecular formula is C20H28N4O3. The molecule has 146 valence electrons. The molecule has 3 unspecified atom stereocenters. The van der Waals surface area contributed by atoms with Gasteiger partial charge in [-0.1, -0.05) is 30.3 Å². The number of carbonyl (C=O) groups excluding carboxylic acids is 1. The molecular weight excluding hydrogens is 344 g/mol. The van der Waals surface area contributed by atoms with Crippen molar-refractivity contribution in [3.05, 3.63) is 35.9 Å². The van der Waals surface area contributed by atoms with E-state index in [1.54, 1.807) is 0 Å². The molecule has 1 aromatic carbocycles. The van der Waals surface area contributed by atoms with E-state index in [9.17, 15) is 4.79 Å². The van der Waals surface area contributed by atoms with E-state index >= 15 is 0 Å². The molecule has 3 heterocycles. The third-order valence-corrected chi connectivity index (χ3v) is 6.03. The average Bonchev–Trinajstić information content (AvgIpc) is 3.29. The molecule has 0 bridgehead atoms. The molecule has 3 fully saturated rings. The number of piperidine rings is 1. The second-order valence-electron chi connectivity index (χ2n) is 7.42. The van der Waals surface area contributed by atoms with E-state index in [-0.39, 0.29) is 11.9 Å². The maximum absolute atomic E-state index is 13.4. The standard InChI is InChI=1S/C20H28N4O3/c21-15-20(16-5-2-1-3-6-16)18(23-11-13-26-14-12-23)7-4-10-24(20)19(25)17-8-9-22-27-17/h1-3,5-6,15,17-18,21-22H,4,7-14H2. The number of hydrogen-bond donors (Lipinski definition) is 2. The van der Waals surface area contributed by atoms with Crippen molar-refractivity contribution in [3.8, 4) is 0 Å². The van der Waals surface area contributed by atoms with Crippen LogP contribution >= 0.6 is 0 Å². The Morgan fingerprint density at radius 2 is 1.96 bits per heavy atom. The molecule has 2 N–H and O–H groups in total. The number of carbonyl (C=O) groups is 1. The predicted octanol–water partition coefficient (Wildman–Crippen LogP) is 1.15. The van der Waals surface area contributed by atoms with Gasteiger partial charge in [-0.3, -0.25) is 14.5 Å². The van der Waals surface area contributed by atoms with Crippen LogP contribution < -0.4 is 5.48 Å². The number of rotatable bonds is 4. The summed E-state index contributed by atoms with van der Waals surface area (Å²) in [6, 6.07) is 10.1. The van der Waals surface area contributed by atoms with Gasteiger partial charge in [-0.2, -0.15) is 0 Å². The number of morpholine rings is 1. The highest BCUT2D eigenvalue weighted by molar-refractivity contribution is 5.87. The lowest BCUT2D eigenvalue weighted by atomic mass is 9.75. The van der Waals surface area contributed by atoms with Crippen molar-refractivity contribution in [3.63, 3.8) is 0 Å². The fourth-order valence-corrected chi connectivity index (χ4v) is 4.74. The molecule has 0 saturated carbocycles. The third-order valence-electron chi connectivity index (χ3n) is 6.03. The summed E-state index contributed by atoms with van der Waals surface area (Å²) in [6.45, 7) is 4.38. The molecule has 3 saturated heterocycles. The molecule has 7 heteroatoms. The van der Waals surface area contributed by atoms with Crippen LogP contribution in [0.5, 0.6) is 0 Å². The van der Waals surface area contributed by atoms with Gasteiger partial charge in [-0.05, 0) is 24.8 Å². The molecule has 0 spiro atoms. The first-order chi connectivity index (χ1) is 13.3. The number of amides is 1. The van der Waals surface area contributed by atoms with Crippen LogP contribution in [-0.4, -0.2) is 73.5 Å². The first-order valence-electron chi connectivity index (χ1n) is 9.86. The number of ether oxygens (including phenoxy) is 1. The van der Waals surface area contributed by atoms with E-state index < -0.39 is 11.6 Å².